The molecule has 0 heterocycles. The molecule has 0 aliphatic rings. The summed E-state index contributed by atoms with van der Waals surface area (Å²) in [6, 6.07) is 6.48. The van der Waals surface area contributed by atoms with Gasteiger partial charge in [-0.15, -0.1) is 0 Å². The highest BCUT2D eigenvalue weighted by atomic mass is 32.2. The minimum atomic E-state index is -3.70. The molecule has 0 aliphatic heterocycles. The second kappa shape index (κ2) is 5.84. The molecular weight excluding hydrogens is 240 g/mol. The number of benzene rings is 1. The molecule has 1 aromatic carbocycles. The van der Waals surface area contributed by atoms with Crippen LogP contribution in [0.2, 0.25) is 0 Å². The average molecular weight is 256 g/mol. The lowest BCUT2D eigenvalue weighted by Gasteiger charge is -2.11. The Morgan fingerprint density at radius 1 is 1.35 bits per heavy atom. The summed E-state index contributed by atoms with van der Waals surface area (Å²) in [5, 5.41) is 0. The van der Waals surface area contributed by atoms with Crippen LogP contribution in [0.5, 0.6) is 0 Å². The van der Waals surface area contributed by atoms with Crippen LogP contribution in [0.15, 0.2) is 42.0 Å². The first-order valence-corrected chi connectivity index (χ1v) is 6.59. The smallest absolute Gasteiger partial charge is 0.297 e. The molecule has 17 heavy (non-hydrogen) atoms. The molecule has 0 saturated heterocycles. The monoisotopic (exact) mass is 256 g/mol. The first kappa shape index (κ1) is 13.7. The Morgan fingerprint density at radius 2 is 1.94 bits per heavy atom. The molecule has 1 rings (SSSR count). The van der Waals surface area contributed by atoms with Gasteiger partial charge in [-0.2, -0.15) is 8.42 Å². The predicted octanol–water partition coefficient (Wildman–Crippen LogP) is 2.25. The van der Waals surface area contributed by atoms with Crippen LogP contribution >= 0.6 is 0 Å². The van der Waals surface area contributed by atoms with Crippen molar-refractivity contribution in [2.45, 2.75) is 24.8 Å². The summed E-state index contributed by atoms with van der Waals surface area (Å²) in [7, 11) is -3.70. The molecule has 1 atom stereocenters. The van der Waals surface area contributed by atoms with Crippen LogP contribution in [0, 0.1) is 6.92 Å². The lowest BCUT2D eigenvalue weighted by atomic mass is 10.2. The third-order valence-corrected chi connectivity index (χ3v) is 3.39. The van der Waals surface area contributed by atoms with Crippen molar-refractivity contribution in [3.8, 4) is 0 Å². The van der Waals surface area contributed by atoms with Crippen LogP contribution in [0.3, 0.4) is 0 Å². The van der Waals surface area contributed by atoms with E-state index in [4.69, 9.17) is 8.92 Å². The van der Waals surface area contributed by atoms with E-state index < -0.39 is 10.1 Å². The van der Waals surface area contributed by atoms with Crippen molar-refractivity contribution >= 4 is 10.1 Å². The van der Waals surface area contributed by atoms with E-state index in [0.717, 1.165) is 5.56 Å². The first-order valence-electron chi connectivity index (χ1n) is 5.18. The molecule has 1 aromatic rings. The van der Waals surface area contributed by atoms with Crippen LogP contribution < -0.4 is 0 Å². The predicted molar refractivity (Wildman–Crippen MR) is 65.1 cm³/mol. The molecule has 0 unspecified atom stereocenters. The second-order valence-corrected chi connectivity index (χ2v) is 5.28. The van der Waals surface area contributed by atoms with E-state index in [2.05, 4.69) is 6.58 Å². The van der Waals surface area contributed by atoms with E-state index in [-0.39, 0.29) is 17.6 Å². The zero-order valence-corrected chi connectivity index (χ0v) is 10.7. The van der Waals surface area contributed by atoms with Crippen molar-refractivity contribution < 1.29 is 17.3 Å². The van der Waals surface area contributed by atoms with E-state index in [1.54, 1.807) is 19.1 Å². The van der Waals surface area contributed by atoms with Gasteiger partial charge in [0.05, 0.1) is 11.2 Å². The van der Waals surface area contributed by atoms with Gasteiger partial charge in [0, 0.05) is 0 Å². The van der Waals surface area contributed by atoms with E-state index in [9.17, 15) is 8.42 Å². The Kier molecular flexibility index (Phi) is 4.72. The number of rotatable bonds is 6. The van der Waals surface area contributed by atoms with Gasteiger partial charge in [-0.05, 0) is 26.0 Å². The maximum Gasteiger partial charge on any atom is 0.297 e. The number of hydrogen-bond acceptors (Lipinski definition) is 4. The average Bonchev–Trinajstić information content (AvgIpc) is 2.28. The molecule has 0 amide bonds. The summed E-state index contributed by atoms with van der Waals surface area (Å²) in [6.07, 6.45) is 0.903. The number of aryl methyl sites for hydroxylation is 1. The van der Waals surface area contributed by atoms with Gasteiger partial charge < -0.3 is 4.74 Å². The highest BCUT2D eigenvalue weighted by molar-refractivity contribution is 7.86. The molecule has 5 heteroatoms. The van der Waals surface area contributed by atoms with Crippen LogP contribution in [-0.4, -0.2) is 21.1 Å². The Balaban J connectivity index is 2.69. The first-order chi connectivity index (χ1) is 7.95. The number of ether oxygens (including phenoxy) is 1. The SMILES string of the molecule is C=CO[C@@H](C)COS(=O)(=O)c1ccc(C)cc1. The van der Waals surface area contributed by atoms with Gasteiger partial charge >= 0.3 is 0 Å². The van der Waals surface area contributed by atoms with Gasteiger partial charge in [0.15, 0.2) is 0 Å². The molecule has 0 fully saturated rings. The third-order valence-electron chi connectivity index (χ3n) is 2.10. The second-order valence-electron chi connectivity index (χ2n) is 3.67. The van der Waals surface area contributed by atoms with Gasteiger partial charge in [0.25, 0.3) is 10.1 Å². The van der Waals surface area contributed by atoms with E-state index >= 15 is 0 Å². The minimum Gasteiger partial charge on any atom is -0.496 e. The standard InChI is InChI=1S/C12H16O4S/c1-4-15-11(3)9-16-17(13,14)12-7-5-10(2)6-8-12/h4-8,11H,1,9H2,2-3H3/t11-/m0/s1. The summed E-state index contributed by atoms with van der Waals surface area (Å²) in [5.41, 5.74) is 0.993. The van der Waals surface area contributed by atoms with E-state index in [1.165, 1.54) is 18.4 Å². The molecular formula is C12H16O4S. The summed E-state index contributed by atoms with van der Waals surface area (Å²) >= 11 is 0. The van der Waals surface area contributed by atoms with E-state index in [1.807, 2.05) is 6.92 Å². The zero-order valence-electron chi connectivity index (χ0n) is 9.92. The van der Waals surface area contributed by atoms with Crippen molar-refractivity contribution in [2.75, 3.05) is 6.61 Å². The van der Waals surface area contributed by atoms with Gasteiger partial charge in [0.1, 0.15) is 12.7 Å². The maximum absolute atomic E-state index is 11.7. The van der Waals surface area contributed by atoms with Gasteiger partial charge in [-0.25, -0.2) is 0 Å². The topological polar surface area (TPSA) is 52.6 Å². The molecule has 0 bridgehead atoms. The molecule has 94 valence electrons. The molecule has 0 N–H and O–H groups in total. The summed E-state index contributed by atoms with van der Waals surface area (Å²) < 4.78 is 33.3. The van der Waals surface area contributed by atoms with Crippen LogP contribution in [0.25, 0.3) is 0 Å². The highest BCUT2D eigenvalue weighted by Crippen LogP contribution is 2.13. The Labute approximate surface area is 102 Å². The van der Waals surface area contributed by atoms with Gasteiger partial charge in [0.2, 0.25) is 0 Å². The van der Waals surface area contributed by atoms with E-state index in [0.29, 0.717) is 0 Å². The van der Waals surface area contributed by atoms with Gasteiger partial charge in [-0.1, -0.05) is 24.3 Å². The Hall–Kier alpha value is -1.33. The molecule has 0 spiro atoms. The molecule has 0 saturated carbocycles. The Morgan fingerprint density at radius 3 is 2.47 bits per heavy atom. The minimum absolute atomic E-state index is 0.0395. The van der Waals surface area contributed by atoms with Crippen molar-refractivity contribution in [3.63, 3.8) is 0 Å². The third kappa shape index (κ3) is 4.20. The van der Waals surface area contributed by atoms with Crippen LogP contribution in [0.4, 0.5) is 0 Å². The fourth-order valence-electron chi connectivity index (χ4n) is 1.16. The van der Waals surface area contributed by atoms with Gasteiger partial charge in [-0.3, -0.25) is 4.18 Å². The zero-order chi connectivity index (χ0) is 12.9. The summed E-state index contributed by atoms with van der Waals surface area (Å²) in [4.78, 5) is 0.147. The highest BCUT2D eigenvalue weighted by Gasteiger charge is 2.16. The van der Waals surface area contributed by atoms with Crippen LogP contribution in [0.1, 0.15) is 12.5 Å². The number of hydrogen-bond donors (Lipinski definition) is 0. The fraction of sp³-hybridized carbons (Fsp3) is 0.333. The molecule has 4 nitrogen and oxygen atoms in total. The van der Waals surface area contributed by atoms with Crippen molar-refractivity contribution in [1.29, 1.82) is 0 Å². The molecule has 0 radical (unpaired) electrons. The van der Waals surface area contributed by atoms with Crippen molar-refractivity contribution in [1.82, 2.24) is 0 Å². The van der Waals surface area contributed by atoms with Crippen molar-refractivity contribution in [2.24, 2.45) is 0 Å². The molecule has 0 aliphatic carbocycles. The Bertz CT molecular complexity index is 462. The quantitative estimate of drug-likeness (QED) is 0.578. The summed E-state index contributed by atoms with van der Waals surface area (Å²) in [6.45, 7) is 6.93. The fourth-order valence-corrected chi connectivity index (χ4v) is 2.14. The molecule has 0 aromatic heterocycles. The normalized spacial score (nSPS) is 13.1. The van der Waals surface area contributed by atoms with Crippen LogP contribution in [-0.2, 0) is 19.0 Å². The summed E-state index contributed by atoms with van der Waals surface area (Å²) in [5.74, 6) is 0. The largest absolute Gasteiger partial charge is 0.496 e. The lowest BCUT2D eigenvalue weighted by Crippen LogP contribution is -2.17. The maximum atomic E-state index is 11.7. The lowest BCUT2D eigenvalue weighted by molar-refractivity contribution is 0.106. The van der Waals surface area contributed by atoms with Crippen molar-refractivity contribution in [3.05, 3.63) is 42.7 Å².